The van der Waals surface area contributed by atoms with Crippen molar-refractivity contribution in [2.45, 2.75) is 19.9 Å². The number of aromatic nitrogens is 3. The number of aryl methyl sites for hydroxylation is 1. The number of hydrogen-bond acceptors (Lipinski definition) is 3. The lowest BCUT2D eigenvalue weighted by Crippen LogP contribution is -2.06. The van der Waals surface area contributed by atoms with Crippen molar-refractivity contribution in [2.24, 2.45) is 0 Å². The standard InChI is InChI=1S/C13H11BrFN3S2/c1-6-5-16-12(20-6)7(2)18-11-3-8(14)9(15)4-10(11)17-13(18)19/h3-5,7H,1-2H3,(H,17,19). The number of fused-ring (bicyclic) bond motifs is 1. The van der Waals surface area contributed by atoms with Gasteiger partial charge in [0.25, 0.3) is 0 Å². The van der Waals surface area contributed by atoms with Crippen LogP contribution in [0.15, 0.2) is 22.8 Å². The van der Waals surface area contributed by atoms with E-state index in [4.69, 9.17) is 12.2 Å². The van der Waals surface area contributed by atoms with Gasteiger partial charge in [-0.1, -0.05) is 0 Å². The van der Waals surface area contributed by atoms with Crippen molar-refractivity contribution in [2.75, 3.05) is 0 Å². The molecule has 1 unspecified atom stereocenters. The Morgan fingerprint density at radius 3 is 2.90 bits per heavy atom. The zero-order valence-corrected chi connectivity index (χ0v) is 14.0. The highest BCUT2D eigenvalue weighted by Crippen LogP contribution is 2.29. The molecule has 3 aromatic rings. The van der Waals surface area contributed by atoms with Crippen molar-refractivity contribution in [3.05, 3.63) is 43.3 Å². The van der Waals surface area contributed by atoms with E-state index in [0.717, 1.165) is 15.4 Å². The molecule has 0 amide bonds. The van der Waals surface area contributed by atoms with Gasteiger partial charge in [0.1, 0.15) is 10.8 Å². The first-order chi connectivity index (χ1) is 9.47. The number of imidazole rings is 1. The zero-order valence-electron chi connectivity index (χ0n) is 10.8. The van der Waals surface area contributed by atoms with Crippen LogP contribution in [0, 0.1) is 17.5 Å². The van der Waals surface area contributed by atoms with Crippen LogP contribution in [0.3, 0.4) is 0 Å². The summed E-state index contributed by atoms with van der Waals surface area (Å²) < 4.78 is 16.6. The molecule has 7 heteroatoms. The topological polar surface area (TPSA) is 33.6 Å². The molecule has 1 N–H and O–H groups in total. The normalized spacial score (nSPS) is 13.0. The quantitative estimate of drug-likeness (QED) is 0.644. The van der Waals surface area contributed by atoms with Gasteiger partial charge in [-0.05, 0) is 48.1 Å². The van der Waals surface area contributed by atoms with E-state index in [1.54, 1.807) is 17.4 Å². The van der Waals surface area contributed by atoms with E-state index < -0.39 is 0 Å². The molecule has 0 saturated heterocycles. The number of thiazole rings is 1. The first kappa shape index (κ1) is 13.9. The molecule has 20 heavy (non-hydrogen) atoms. The minimum absolute atomic E-state index is 0.00677. The van der Waals surface area contributed by atoms with Gasteiger partial charge in [-0.15, -0.1) is 11.3 Å². The summed E-state index contributed by atoms with van der Waals surface area (Å²) in [6.07, 6.45) is 1.85. The van der Waals surface area contributed by atoms with Gasteiger partial charge in [0.2, 0.25) is 0 Å². The van der Waals surface area contributed by atoms with E-state index in [1.165, 1.54) is 6.07 Å². The Morgan fingerprint density at radius 2 is 2.25 bits per heavy atom. The third-order valence-electron chi connectivity index (χ3n) is 3.14. The van der Waals surface area contributed by atoms with E-state index in [2.05, 4.69) is 25.9 Å². The smallest absolute Gasteiger partial charge is 0.178 e. The van der Waals surface area contributed by atoms with Gasteiger partial charge in [-0.25, -0.2) is 9.37 Å². The molecular weight excluding hydrogens is 361 g/mol. The molecule has 2 heterocycles. The number of aromatic amines is 1. The lowest BCUT2D eigenvalue weighted by molar-refractivity contribution is 0.621. The van der Waals surface area contributed by atoms with Gasteiger partial charge in [-0.2, -0.15) is 0 Å². The second-order valence-electron chi connectivity index (χ2n) is 4.57. The van der Waals surface area contributed by atoms with Crippen molar-refractivity contribution < 1.29 is 4.39 Å². The van der Waals surface area contributed by atoms with Crippen LogP contribution in [0.5, 0.6) is 0 Å². The summed E-state index contributed by atoms with van der Waals surface area (Å²) in [5.74, 6) is -0.307. The number of hydrogen-bond donors (Lipinski definition) is 1. The number of H-pyrrole nitrogens is 1. The highest BCUT2D eigenvalue weighted by molar-refractivity contribution is 9.10. The third kappa shape index (κ3) is 2.23. The summed E-state index contributed by atoms with van der Waals surface area (Å²) in [6, 6.07) is 3.20. The molecule has 2 aromatic heterocycles. The second kappa shape index (κ2) is 5.05. The fourth-order valence-corrected chi connectivity index (χ4v) is 3.70. The Balaban J connectivity index is 2.23. The zero-order chi connectivity index (χ0) is 14.4. The molecular formula is C13H11BrFN3S2. The minimum Gasteiger partial charge on any atom is -0.330 e. The van der Waals surface area contributed by atoms with E-state index >= 15 is 0 Å². The molecule has 104 valence electrons. The summed E-state index contributed by atoms with van der Waals surface area (Å²) in [5.41, 5.74) is 1.56. The SMILES string of the molecule is Cc1cnc(C(C)n2c(=S)[nH]c3cc(F)c(Br)cc32)s1. The van der Waals surface area contributed by atoms with Crippen molar-refractivity contribution >= 4 is 50.5 Å². The van der Waals surface area contributed by atoms with Gasteiger partial charge in [0, 0.05) is 17.1 Å². The summed E-state index contributed by atoms with van der Waals surface area (Å²) in [7, 11) is 0. The van der Waals surface area contributed by atoms with Gasteiger partial charge >= 0.3 is 0 Å². The van der Waals surface area contributed by atoms with Gasteiger partial charge < -0.3 is 9.55 Å². The van der Waals surface area contributed by atoms with Crippen LogP contribution in [-0.4, -0.2) is 14.5 Å². The number of halogens is 2. The molecule has 0 radical (unpaired) electrons. The summed E-state index contributed by atoms with van der Waals surface area (Å²) in [4.78, 5) is 8.62. The summed E-state index contributed by atoms with van der Waals surface area (Å²) in [5, 5.41) is 0.986. The van der Waals surface area contributed by atoms with Crippen molar-refractivity contribution in [1.82, 2.24) is 14.5 Å². The Labute approximate surface area is 132 Å². The number of benzene rings is 1. The molecule has 0 aliphatic heterocycles. The fourth-order valence-electron chi connectivity index (χ4n) is 2.18. The van der Waals surface area contributed by atoms with Crippen LogP contribution in [0.25, 0.3) is 11.0 Å². The Bertz CT molecular complexity index is 849. The predicted octanol–water partition coefficient (Wildman–Crippen LogP) is 4.97. The van der Waals surface area contributed by atoms with Crippen molar-refractivity contribution in [3.63, 3.8) is 0 Å². The van der Waals surface area contributed by atoms with E-state index in [0.29, 0.717) is 14.8 Å². The Kier molecular flexibility index (Phi) is 3.51. The minimum atomic E-state index is -0.307. The highest BCUT2D eigenvalue weighted by Gasteiger charge is 2.17. The first-order valence-corrected chi connectivity index (χ1v) is 8.00. The first-order valence-electron chi connectivity index (χ1n) is 5.99. The molecule has 3 rings (SSSR count). The third-order valence-corrected chi connectivity index (χ3v) is 5.13. The molecule has 0 bridgehead atoms. The van der Waals surface area contributed by atoms with Crippen LogP contribution in [0.2, 0.25) is 0 Å². The molecule has 0 spiro atoms. The van der Waals surface area contributed by atoms with Crippen LogP contribution in [-0.2, 0) is 0 Å². The Morgan fingerprint density at radius 1 is 1.50 bits per heavy atom. The number of nitrogens with zero attached hydrogens (tertiary/aromatic N) is 2. The molecule has 0 aliphatic carbocycles. The van der Waals surface area contributed by atoms with Crippen LogP contribution < -0.4 is 0 Å². The fraction of sp³-hybridized carbons (Fsp3) is 0.231. The van der Waals surface area contributed by atoms with Gasteiger partial charge in [-0.3, -0.25) is 0 Å². The van der Waals surface area contributed by atoms with Crippen LogP contribution in [0.1, 0.15) is 22.9 Å². The molecule has 0 saturated carbocycles. The lowest BCUT2D eigenvalue weighted by atomic mass is 10.2. The highest BCUT2D eigenvalue weighted by atomic mass is 79.9. The average Bonchev–Trinajstić information content (AvgIpc) is 2.93. The van der Waals surface area contributed by atoms with E-state index in [1.807, 2.05) is 24.6 Å². The Hall–Kier alpha value is -1.05. The number of rotatable bonds is 2. The maximum atomic E-state index is 13.6. The maximum Gasteiger partial charge on any atom is 0.178 e. The molecule has 3 nitrogen and oxygen atoms in total. The van der Waals surface area contributed by atoms with Crippen LogP contribution >= 0.6 is 39.5 Å². The van der Waals surface area contributed by atoms with E-state index in [9.17, 15) is 4.39 Å². The number of nitrogens with one attached hydrogen (secondary N) is 1. The summed E-state index contributed by atoms with van der Waals surface area (Å²) >= 11 is 10.2. The molecule has 1 atom stereocenters. The second-order valence-corrected chi connectivity index (χ2v) is 7.08. The average molecular weight is 372 g/mol. The molecule has 0 aliphatic rings. The van der Waals surface area contributed by atoms with Crippen molar-refractivity contribution in [3.8, 4) is 0 Å². The summed E-state index contributed by atoms with van der Waals surface area (Å²) in [6.45, 7) is 4.06. The predicted molar refractivity (Wildman–Crippen MR) is 85.4 cm³/mol. The molecule has 0 fully saturated rings. The largest absolute Gasteiger partial charge is 0.330 e. The van der Waals surface area contributed by atoms with Crippen molar-refractivity contribution in [1.29, 1.82) is 0 Å². The molecule has 1 aromatic carbocycles. The van der Waals surface area contributed by atoms with Gasteiger partial charge in [0.15, 0.2) is 4.77 Å². The monoisotopic (exact) mass is 371 g/mol. The van der Waals surface area contributed by atoms with Gasteiger partial charge in [0.05, 0.1) is 21.5 Å². The lowest BCUT2D eigenvalue weighted by Gasteiger charge is -2.12. The maximum absolute atomic E-state index is 13.6. The van der Waals surface area contributed by atoms with E-state index in [-0.39, 0.29) is 11.9 Å². The van der Waals surface area contributed by atoms with Crippen LogP contribution in [0.4, 0.5) is 4.39 Å².